The second-order valence-electron chi connectivity index (χ2n) is 5.01. The van der Waals surface area contributed by atoms with Crippen LogP contribution in [0.1, 0.15) is 18.7 Å². The molecule has 1 saturated heterocycles. The van der Waals surface area contributed by atoms with Crippen LogP contribution in [0.2, 0.25) is 0 Å². The van der Waals surface area contributed by atoms with Crippen LogP contribution in [-0.2, 0) is 6.54 Å². The molecule has 1 aromatic heterocycles. The Morgan fingerprint density at radius 2 is 2.14 bits per heavy atom. The average molecular weight is 321 g/mol. The summed E-state index contributed by atoms with van der Waals surface area (Å²) < 4.78 is 16.5. The molecule has 0 amide bonds. The van der Waals surface area contributed by atoms with E-state index in [0.717, 1.165) is 35.7 Å². The third-order valence-corrected chi connectivity index (χ3v) is 4.58. The Bertz CT molecular complexity index is 626. The standard InChI is InChI=1S/C15H19N3O3S/c1-19-13-8-10(15-17-14(9-16)21-18-15)2-3-12(13)20-11-4-6-22-7-5-11/h2-3,8,11H,4-7,9,16H2,1H3. The molecule has 1 aromatic carbocycles. The molecule has 0 spiro atoms. The summed E-state index contributed by atoms with van der Waals surface area (Å²) in [5.74, 6) is 4.64. The number of ether oxygens (including phenoxy) is 2. The van der Waals surface area contributed by atoms with Gasteiger partial charge in [-0.2, -0.15) is 16.7 Å². The fourth-order valence-electron chi connectivity index (χ4n) is 2.33. The number of hydrogen-bond acceptors (Lipinski definition) is 7. The van der Waals surface area contributed by atoms with Crippen molar-refractivity contribution < 1.29 is 14.0 Å². The van der Waals surface area contributed by atoms with Crippen molar-refractivity contribution in [3.63, 3.8) is 0 Å². The monoisotopic (exact) mass is 321 g/mol. The summed E-state index contributed by atoms with van der Waals surface area (Å²) in [6, 6.07) is 5.66. The van der Waals surface area contributed by atoms with Crippen LogP contribution in [0.25, 0.3) is 11.4 Å². The van der Waals surface area contributed by atoms with Gasteiger partial charge in [-0.3, -0.25) is 0 Å². The summed E-state index contributed by atoms with van der Waals surface area (Å²) in [4.78, 5) is 4.22. The molecule has 0 aliphatic carbocycles. The van der Waals surface area contributed by atoms with Crippen LogP contribution >= 0.6 is 11.8 Å². The third-order valence-electron chi connectivity index (χ3n) is 3.53. The van der Waals surface area contributed by atoms with Crippen LogP contribution in [-0.4, -0.2) is 34.9 Å². The molecule has 0 atom stereocenters. The van der Waals surface area contributed by atoms with Crippen LogP contribution in [0.15, 0.2) is 22.7 Å². The van der Waals surface area contributed by atoms with Crippen LogP contribution in [0.4, 0.5) is 0 Å². The van der Waals surface area contributed by atoms with Gasteiger partial charge < -0.3 is 19.7 Å². The van der Waals surface area contributed by atoms with Crippen LogP contribution in [0, 0.1) is 0 Å². The SMILES string of the molecule is COc1cc(-c2noc(CN)n2)ccc1OC1CCSCC1. The molecule has 2 N–H and O–H groups in total. The lowest BCUT2D eigenvalue weighted by Gasteiger charge is -2.23. The number of rotatable bonds is 5. The number of methoxy groups -OCH3 is 1. The number of nitrogens with zero attached hydrogens (tertiary/aromatic N) is 2. The van der Waals surface area contributed by atoms with Gasteiger partial charge >= 0.3 is 0 Å². The van der Waals surface area contributed by atoms with Crippen molar-refractivity contribution in [1.82, 2.24) is 10.1 Å². The summed E-state index contributed by atoms with van der Waals surface area (Å²) in [5, 5.41) is 3.91. The molecule has 118 valence electrons. The Kier molecular flexibility index (Phi) is 4.84. The van der Waals surface area contributed by atoms with E-state index < -0.39 is 0 Å². The van der Waals surface area contributed by atoms with Gasteiger partial charge in [0.15, 0.2) is 11.5 Å². The van der Waals surface area contributed by atoms with Crippen molar-refractivity contribution in [2.24, 2.45) is 5.73 Å². The minimum absolute atomic E-state index is 0.227. The normalized spacial score (nSPS) is 15.7. The molecule has 7 heteroatoms. The highest BCUT2D eigenvalue weighted by Gasteiger charge is 2.18. The summed E-state index contributed by atoms with van der Waals surface area (Å²) >= 11 is 1.97. The summed E-state index contributed by atoms with van der Waals surface area (Å²) in [5.41, 5.74) is 6.29. The molecule has 0 bridgehead atoms. The smallest absolute Gasteiger partial charge is 0.240 e. The molecule has 1 aliphatic heterocycles. The summed E-state index contributed by atoms with van der Waals surface area (Å²) in [6.07, 6.45) is 2.40. The predicted octanol–water partition coefficient (Wildman–Crippen LogP) is 2.48. The first-order valence-corrected chi connectivity index (χ1v) is 8.41. The number of nitrogens with two attached hydrogens (primary N) is 1. The van der Waals surface area contributed by atoms with Gasteiger partial charge in [-0.25, -0.2) is 0 Å². The van der Waals surface area contributed by atoms with Gasteiger partial charge in [0.05, 0.1) is 13.7 Å². The molecular formula is C15H19N3O3S. The molecule has 6 nitrogen and oxygen atoms in total. The van der Waals surface area contributed by atoms with Gasteiger partial charge in [-0.05, 0) is 42.5 Å². The van der Waals surface area contributed by atoms with Crippen molar-refractivity contribution in [1.29, 1.82) is 0 Å². The molecule has 0 saturated carbocycles. The topological polar surface area (TPSA) is 83.4 Å². The van der Waals surface area contributed by atoms with Gasteiger partial charge in [0.1, 0.15) is 6.10 Å². The lowest BCUT2D eigenvalue weighted by Crippen LogP contribution is -2.22. The maximum Gasteiger partial charge on any atom is 0.240 e. The fourth-order valence-corrected chi connectivity index (χ4v) is 3.40. The van der Waals surface area contributed by atoms with E-state index in [1.807, 2.05) is 30.0 Å². The van der Waals surface area contributed by atoms with Gasteiger partial charge in [0, 0.05) is 5.56 Å². The van der Waals surface area contributed by atoms with Crippen LogP contribution in [0.5, 0.6) is 11.5 Å². The number of hydrogen-bond donors (Lipinski definition) is 1. The largest absolute Gasteiger partial charge is 0.493 e. The first kappa shape index (κ1) is 15.2. The minimum Gasteiger partial charge on any atom is -0.493 e. The second kappa shape index (κ2) is 7.02. The molecule has 3 rings (SSSR count). The van der Waals surface area contributed by atoms with E-state index in [1.54, 1.807) is 7.11 Å². The van der Waals surface area contributed by atoms with E-state index in [1.165, 1.54) is 0 Å². The number of aromatic nitrogens is 2. The van der Waals surface area contributed by atoms with E-state index in [9.17, 15) is 0 Å². The van der Waals surface area contributed by atoms with Crippen molar-refractivity contribution in [3.8, 4) is 22.9 Å². The average Bonchev–Trinajstić information content (AvgIpc) is 3.05. The van der Waals surface area contributed by atoms with E-state index in [2.05, 4.69) is 10.1 Å². The zero-order valence-electron chi connectivity index (χ0n) is 12.4. The van der Waals surface area contributed by atoms with Crippen LogP contribution < -0.4 is 15.2 Å². The highest BCUT2D eigenvalue weighted by atomic mass is 32.2. The van der Waals surface area contributed by atoms with Crippen molar-refractivity contribution in [3.05, 3.63) is 24.1 Å². The maximum absolute atomic E-state index is 6.07. The Morgan fingerprint density at radius 3 is 2.82 bits per heavy atom. The molecule has 2 heterocycles. The zero-order valence-corrected chi connectivity index (χ0v) is 13.3. The van der Waals surface area contributed by atoms with E-state index >= 15 is 0 Å². The van der Waals surface area contributed by atoms with Crippen molar-refractivity contribution >= 4 is 11.8 Å². The van der Waals surface area contributed by atoms with Crippen molar-refractivity contribution in [2.45, 2.75) is 25.5 Å². The zero-order chi connectivity index (χ0) is 15.4. The number of thioether (sulfide) groups is 1. The van der Waals surface area contributed by atoms with E-state index in [-0.39, 0.29) is 12.6 Å². The first-order valence-electron chi connectivity index (χ1n) is 7.25. The fraction of sp³-hybridized carbons (Fsp3) is 0.467. The maximum atomic E-state index is 6.07. The molecule has 2 aromatic rings. The van der Waals surface area contributed by atoms with Crippen molar-refractivity contribution in [2.75, 3.05) is 18.6 Å². The third kappa shape index (κ3) is 3.36. The van der Waals surface area contributed by atoms with E-state index in [0.29, 0.717) is 17.5 Å². The van der Waals surface area contributed by atoms with Gasteiger partial charge in [0.2, 0.25) is 11.7 Å². The van der Waals surface area contributed by atoms with Gasteiger partial charge in [-0.1, -0.05) is 5.16 Å². The number of benzene rings is 1. The Balaban J connectivity index is 1.80. The van der Waals surface area contributed by atoms with Crippen LogP contribution in [0.3, 0.4) is 0 Å². The second-order valence-corrected chi connectivity index (χ2v) is 6.24. The molecule has 1 aliphatic rings. The quantitative estimate of drug-likeness (QED) is 0.905. The highest BCUT2D eigenvalue weighted by Crippen LogP contribution is 2.34. The molecule has 0 unspecified atom stereocenters. The summed E-state index contributed by atoms with van der Waals surface area (Å²) in [7, 11) is 1.63. The lowest BCUT2D eigenvalue weighted by atomic mass is 10.1. The Morgan fingerprint density at radius 1 is 1.32 bits per heavy atom. The summed E-state index contributed by atoms with van der Waals surface area (Å²) in [6.45, 7) is 0.227. The first-order chi connectivity index (χ1) is 10.8. The predicted molar refractivity (Wildman–Crippen MR) is 85.2 cm³/mol. The highest BCUT2D eigenvalue weighted by molar-refractivity contribution is 7.99. The molecule has 22 heavy (non-hydrogen) atoms. The molecular weight excluding hydrogens is 302 g/mol. The minimum atomic E-state index is 0.227. The lowest BCUT2D eigenvalue weighted by molar-refractivity contribution is 0.184. The van der Waals surface area contributed by atoms with Gasteiger partial charge in [-0.15, -0.1) is 0 Å². The Labute approximate surface area is 133 Å². The molecule has 0 radical (unpaired) electrons. The van der Waals surface area contributed by atoms with E-state index in [4.69, 9.17) is 19.7 Å². The Hall–Kier alpha value is -1.73. The van der Waals surface area contributed by atoms with Gasteiger partial charge in [0.25, 0.3) is 0 Å². The molecule has 1 fully saturated rings.